The Bertz CT molecular complexity index is 826. The van der Waals surface area contributed by atoms with Crippen LogP contribution in [0.3, 0.4) is 0 Å². The van der Waals surface area contributed by atoms with E-state index in [1.165, 1.54) is 0 Å². The van der Waals surface area contributed by atoms with Crippen molar-refractivity contribution in [3.63, 3.8) is 0 Å². The number of amides is 3. The molecular weight excluding hydrogens is 363 g/mol. The minimum atomic E-state index is -1.32. The van der Waals surface area contributed by atoms with Crippen LogP contribution in [0.15, 0.2) is 18.2 Å². The first kappa shape index (κ1) is 19.0. The molecule has 0 aliphatic carbocycles. The fraction of sp³-hybridized carbons (Fsp3) is 0.550. The van der Waals surface area contributed by atoms with Crippen LogP contribution in [-0.2, 0) is 22.7 Å². The van der Waals surface area contributed by atoms with Gasteiger partial charge in [-0.05, 0) is 24.5 Å². The molecule has 2 N–H and O–H groups in total. The number of alkyl halides is 1. The molecule has 2 saturated heterocycles. The highest BCUT2D eigenvalue weighted by Crippen LogP contribution is 2.30. The third-order valence-corrected chi connectivity index (χ3v) is 5.68. The van der Waals surface area contributed by atoms with E-state index in [-0.39, 0.29) is 18.2 Å². The van der Waals surface area contributed by atoms with E-state index in [2.05, 4.69) is 10.6 Å². The Kier molecular flexibility index (Phi) is 4.93. The van der Waals surface area contributed by atoms with Crippen LogP contribution in [-0.4, -0.2) is 65.4 Å². The van der Waals surface area contributed by atoms with Gasteiger partial charge in [0.05, 0.1) is 0 Å². The molecule has 2 atom stereocenters. The molecule has 3 heterocycles. The SMILES string of the molecule is CC1(F)CNCCN(Cc2cccc3c2C(=O)N(C2CCC(=O)NC2=O)C3)C1. The van der Waals surface area contributed by atoms with Crippen LogP contribution in [0.5, 0.6) is 0 Å². The average molecular weight is 388 g/mol. The number of nitrogens with one attached hydrogen (secondary N) is 2. The largest absolute Gasteiger partial charge is 0.322 e. The first-order valence-corrected chi connectivity index (χ1v) is 9.71. The highest BCUT2D eigenvalue weighted by molar-refractivity contribution is 6.05. The predicted octanol–water partition coefficient (Wildman–Crippen LogP) is 0.581. The van der Waals surface area contributed by atoms with Crippen LogP contribution >= 0.6 is 0 Å². The monoisotopic (exact) mass is 388 g/mol. The van der Waals surface area contributed by atoms with Gasteiger partial charge in [-0.3, -0.25) is 24.6 Å². The second-order valence-corrected chi connectivity index (χ2v) is 8.15. The number of halogens is 1. The summed E-state index contributed by atoms with van der Waals surface area (Å²) in [6.07, 6.45) is 0.580. The number of rotatable bonds is 3. The third kappa shape index (κ3) is 3.66. The van der Waals surface area contributed by atoms with Gasteiger partial charge in [0.15, 0.2) is 0 Å². The van der Waals surface area contributed by atoms with E-state index in [4.69, 9.17) is 0 Å². The molecule has 2 fully saturated rings. The topological polar surface area (TPSA) is 81.8 Å². The number of imide groups is 1. The fourth-order valence-corrected chi connectivity index (χ4v) is 4.38. The molecule has 8 heteroatoms. The molecular formula is C20H25FN4O3. The van der Waals surface area contributed by atoms with Gasteiger partial charge < -0.3 is 10.2 Å². The van der Waals surface area contributed by atoms with Crippen molar-refractivity contribution in [3.8, 4) is 0 Å². The first-order valence-electron chi connectivity index (χ1n) is 9.71. The van der Waals surface area contributed by atoms with Gasteiger partial charge in [-0.25, -0.2) is 4.39 Å². The lowest BCUT2D eigenvalue weighted by atomic mass is 10.0. The molecule has 28 heavy (non-hydrogen) atoms. The normalized spacial score (nSPS) is 28.9. The number of piperidine rings is 1. The van der Waals surface area contributed by atoms with Crippen molar-refractivity contribution < 1.29 is 18.8 Å². The second-order valence-electron chi connectivity index (χ2n) is 8.15. The maximum atomic E-state index is 14.6. The van der Waals surface area contributed by atoms with Gasteiger partial charge >= 0.3 is 0 Å². The minimum Gasteiger partial charge on any atom is -0.322 e. The second kappa shape index (κ2) is 7.25. The summed E-state index contributed by atoms with van der Waals surface area (Å²) in [7, 11) is 0. The molecule has 0 bridgehead atoms. The number of carbonyl (C=O) groups excluding carboxylic acids is 3. The standard InChI is InChI=1S/C20H25FN4O3/c1-20(21)11-22-7-8-24(12-20)9-13-3-2-4-14-10-25(19(28)17(13)14)15-5-6-16(26)23-18(15)27/h2-4,15,22H,5-12H2,1H3,(H,23,26,27). The lowest BCUT2D eigenvalue weighted by Gasteiger charge is -2.29. The summed E-state index contributed by atoms with van der Waals surface area (Å²) < 4.78 is 14.6. The van der Waals surface area contributed by atoms with E-state index in [9.17, 15) is 18.8 Å². The summed E-state index contributed by atoms with van der Waals surface area (Å²) >= 11 is 0. The summed E-state index contributed by atoms with van der Waals surface area (Å²) in [6, 6.07) is 5.08. The van der Waals surface area contributed by atoms with E-state index < -0.39 is 17.6 Å². The van der Waals surface area contributed by atoms with Gasteiger partial charge in [0, 0.05) is 51.3 Å². The molecule has 0 saturated carbocycles. The number of fused-ring (bicyclic) bond motifs is 1. The van der Waals surface area contributed by atoms with Crippen molar-refractivity contribution >= 4 is 17.7 Å². The van der Waals surface area contributed by atoms with Crippen molar-refractivity contribution in [1.29, 1.82) is 0 Å². The molecule has 1 aromatic carbocycles. The smallest absolute Gasteiger partial charge is 0.255 e. The molecule has 7 nitrogen and oxygen atoms in total. The number of benzene rings is 1. The quantitative estimate of drug-likeness (QED) is 0.741. The Balaban J connectivity index is 1.55. The van der Waals surface area contributed by atoms with Crippen LogP contribution in [0.1, 0.15) is 41.3 Å². The average Bonchev–Trinajstić information content (AvgIpc) is 2.85. The van der Waals surface area contributed by atoms with E-state index in [0.29, 0.717) is 51.3 Å². The Morgan fingerprint density at radius 2 is 2.11 bits per heavy atom. The van der Waals surface area contributed by atoms with Gasteiger partial charge in [-0.2, -0.15) is 0 Å². The summed E-state index contributed by atoms with van der Waals surface area (Å²) in [5.74, 6) is -0.892. The molecule has 3 amide bonds. The zero-order chi connectivity index (χ0) is 19.9. The highest BCUT2D eigenvalue weighted by Gasteiger charge is 2.40. The Morgan fingerprint density at radius 3 is 2.89 bits per heavy atom. The van der Waals surface area contributed by atoms with Crippen LogP contribution in [0.2, 0.25) is 0 Å². The van der Waals surface area contributed by atoms with Crippen molar-refractivity contribution in [1.82, 2.24) is 20.4 Å². The molecule has 3 aliphatic heterocycles. The lowest BCUT2D eigenvalue weighted by Crippen LogP contribution is -2.52. The fourth-order valence-electron chi connectivity index (χ4n) is 4.38. The predicted molar refractivity (Wildman–Crippen MR) is 100 cm³/mol. The Labute approximate surface area is 163 Å². The minimum absolute atomic E-state index is 0.184. The van der Waals surface area contributed by atoms with Crippen molar-refractivity contribution in [2.75, 3.05) is 26.2 Å². The molecule has 1 aromatic rings. The van der Waals surface area contributed by atoms with Gasteiger partial charge in [-0.1, -0.05) is 18.2 Å². The van der Waals surface area contributed by atoms with Gasteiger partial charge in [0.1, 0.15) is 11.7 Å². The van der Waals surface area contributed by atoms with Crippen LogP contribution in [0.4, 0.5) is 4.39 Å². The number of nitrogens with zero attached hydrogens (tertiary/aromatic N) is 2. The maximum Gasteiger partial charge on any atom is 0.255 e. The summed E-state index contributed by atoms with van der Waals surface area (Å²) in [4.78, 5) is 40.3. The van der Waals surface area contributed by atoms with Crippen molar-refractivity contribution in [2.45, 2.75) is 44.6 Å². The molecule has 4 rings (SSSR count). The molecule has 150 valence electrons. The van der Waals surface area contributed by atoms with E-state index in [1.807, 2.05) is 23.1 Å². The van der Waals surface area contributed by atoms with Crippen LogP contribution < -0.4 is 10.6 Å². The van der Waals surface area contributed by atoms with E-state index in [1.54, 1.807) is 11.8 Å². The maximum absolute atomic E-state index is 14.6. The Morgan fingerprint density at radius 1 is 1.29 bits per heavy atom. The summed E-state index contributed by atoms with van der Waals surface area (Å²) in [5.41, 5.74) is 1.03. The van der Waals surface area contributed by atoms with Crippen molar-refractivity contribution in [2.24, 2.45) is 0 Å². The van der Waals surface area contributed by atoms with Crippen LogP contribution in [0.25, 0.3) is 0 Å². The van der Waals surface area contributed by atoms with Crippen LogP contribution in [0, 0.1) is 0 Å². The molecule has 0 spiro atoms. The Hall–Kier alpha value is -2.32. The zero-order valence-electron chi connectivity index (χ0n) is 16.0. The molecule has 2 unspecified atom stereocenters. The summed E-state index contributed by atoms with van der Waals surface area (Å²) in [6.45, 7) is 4.45. The van der Waals surface area contributed by atoms with Gasteiger partial charge in [0.25, 0.3) is 5.91 Å². The number of hydrogen-bond acceptors (Lipinski definition) is 5. The number of hydrogen-bond donors (Lipinski definition) is 2. The molecule has 0 radical (unpaired) electrons. The molecule has 3 aliphatic rings. The zero-order valence-corrected chi connectivity index (χ0v) is 16.0. The van der Waals surface area contributed by atoms with Gasteiger partial charge in [0.2, 0.25) is 11.8 Å². The lowest BCUT2D eigenvalue weighted by molar-refractivity contribution is -0.136. The van der Waals surface area contributed by atoms with E-state index >= 15 is 0 Å². The third-order valence-electron chi connectivity index (χ3n) is 5.68. The molecule has 0 aromatic heterocycles. The highest BCUT2D eigenvalue weighted by atomic mass is 19.1. The van der Waals surface area contributed by atoms with E-state index in [0.717, 1.165) is 11.1 Å². The number of carbonyl (C=O) groups is 3. The van der Waals surface area contributed by atoms with Crippen molar-refractivity contribution in [3.05, 3.63) is 34.9 Å². The summed E-state index contributed by atoms with van der Waals surface area (Å²) in [5, 5.41) is 5.43. The van der Waals surface area contributed by atoms with Gasteiger partial charge in [-0.15, -0.1) is 0 Å². The first-order chi connectivity index (χ1) is 13.3.